The van der Waals surface area contributed by atoms with Crippen LogP contribution in [0.4, 0.5) is 24.0 Å². The molecule has 1 N–H and O–H groups in total. The number of amides is 1. The van der Waals surface area contributed by atoms with Gasteiger partial charge in [0.25, 0.3) is 0 Å². The number of aryl methyl sites for hydroxylation is 2. The zero-order valence-corrected chi connectivity index (χ0v) is 19.3. The first-order chi connectivity index (χ1) is 15.7. The summed E-state index contributed by atoms with van der Waals surface area (Å²) >= 11 is 1.38. The molecule has 2 aromatic carbocycles. The van der Waals surface area contributed by atoms with Crippen molar-refractivity contribution in [1.29, 1.82) is 0 Å². The van der Waals surface area contributed by atoms with E-state index in [0.717, 1.165) is 17.3 Å². The zero-order chi connectivity index (χ0) is 23.6. The summed E-state index contributed by atoms with van der Waals surface area (Å²) in [5, 5.41) is 5.34. The van der Waals surface area contributed by atoms with Crippen LogP contribution in [0.15, 0.2) is 47.8 Å². The molecular weight excluding hydrogens is 449 g/mol. The van der Waals surface area contributed by atoms with Crippen LogP contribution in [0.2, 0.25) is 0 Å². The van der Waals surface area contributed by atoms with Crippen LogP contribution in [0, 0.1) is 13.8 Å². The third-order valence-corrected chi connectivity index (χ3v) is 6.59. The van der Waals surface area contributed by atoms with E-state index in [-0.39, 0.29) is 12.5 Å². The monoisotopic (exact) mass is 474 g/mol. The second kappa shape index (κ2) is 9.52. The number of aromatic nitrogens is 1. The largest absolute Gasteiger partial charge is 0.416 e. The Hall–Kier alpha value is -2.91. The highest BCUT2D eigenvalue weighted by Crippen LogP contribution is 2.32. The molecule has 1 aromatic heterocycles. The molecular formula is C24H25F3N4OS. The van der Waals surface area contributed by atoms with Crippen LogP contribution in [0.25, 0.3) is 11.3 Å². The first kappa shape index (κ1) is 23.3. The summed E-state index contributed by atoms with van der Waals surface area (Å²) in [6.07, 6.45) is -4.36. The number of nitrogens with zero attached hydrogens (tertiary/aromatic N) is 3. The SMILES string of the molecule is Cc1ccc(-c2csc(NC(=O)CN3CCN(c4cccc(C(F)(F)F)c4)CC3)n2)cc1C. The summed E-state index contributed by atoms with van der Waals surface area (Å²) in [6, 6.07) is 11.5. The molecule has 0 aliphatic carbocycles. The van der Waals surface area contributed by atoms with E-state index >= 15 is 0 Å². The molecule has 1 aliphatic heterocycles. The molecule has 0 unspecified atom stereocenters. The van der Waals surface area contributed by atoms with Gasteiger partial charge in [-0.15, -0.1) is 11.3 Å². The van der Waals surface area contributed by atoms with Crippen LogP contribution < -0.4 is 10.2 Å². The Labute approximate surface area is 194 Å². The van der Waals surface area contributed by atoms with E-state index in [4.69, 9.17) is 0 Å². The molecule has 3 aromatic rings. The Morgan fingerprint density at radius 1 is 1.06 bits per heavy atom. The Kier molecular flexibility index (Phi) is 6.71. The average molecular weight is 475 g/mol. The number of carbonyl (C=O) groups is 1. The molecule has 0 bridgehead atoms. The summed E-state index contributed by atoms with van der Waals surface area (Å²) in [5.41, 5.74) is 4.15. The van der Waals surface area contributed by atoms with Gasteiger partial charge in [0.1, 0.15) is 0 Å². The average Bonchev–Trinajstić information content (AvgIpc) is 3.24. The quantitative estimate of drug-likeness (QED) is 0.552. The van der Waals surface area contributed by atoms with Crippen LogP contribution in [-0.4, -0.2) is 48.5 Å². The fourth-order valence-corrected chi connectivity index (χ4v) is 4.51. The molecule has 1 saturated heterocycles. The van der Waals surface area contributed by atoms with Gasteiger partial charge in [-0.25, -0.2) is 4.98 Å². The van der Waals surface area contributed by atoms with Gasteiger partial charge < -0.3 is 10.2 Å². The van der Waals surface area contributed by atoms with Crippen LogP contribution in [0.3, 0.4) is 0 Å². The maximum atomic E-state index is 13.0. The fraction of sp³-hybridized carbons (Fsp3) is 0.333. The molecule has 1 fully saturated rings. The number of halogens is 3. The number of hydrogen-bond donors (Lipinski definition) is 1. The standard InChI is InChI=1S/C24H25F3N4OS/c1-16-6-7-18(12-17(16)2)21-15-33-23(28-21)29-22(32)14-30-8-10-31(11-9-30)20-5-3-4-19(13-20)24(25,26)27/h3-7,12-13,15H,8-11,14H2,1-2H3,(H,28,29,32). The number of anilines is 2. The van der Waals surface area contributed by atoms with Gasteiger partial charge in [0.2, 0.25) is 5.91 Å². The van der Waals surface area contributed by atoms with Crippen molar-refractivity contribution in [2.75, 3.05) is 42.9 Å². The Morgan fingerprint density at radius 2 is 1.82 bits per heavy atom. The summed E-state index contributed by atoms with van der Waals surface area (Å²) in [7, 11) is 0. The van der Waals surface area contributed by atoms with Crippen molar-refractivity contribution >= 4 is 28.1 Å². The van der Waals surface area contributed by atoms with Crippen molar-refractivity contribution in [3.63, 3.8) is 0 Å². The van der Waals surface area contributed by atoms with Crippen molar-refractivity contribution < 1.29 is 18.0 Å². The highest BCUT2D eigenvalue weighted by molar-refractivity contribution is 7.14. The lowest BCUT2D eigenvalue weighted by Crippen LogP contribution is -2.48. The van der Waals surface area contributed by atoms with Gasteiger partial charge in [-0.1, -0.05) is 18.2 Å². The zero-order valence-electron chi connectivity index (χ0n) is 18.4. The molecule has 33 heavy (non-hydrogen) atoms. The smallest absolute Gasteiger partial charge is 0.369 e. The Bertz CT molecular complexity index is 1140. The van der Waals surface area contributed by atoms with E-state index in [2.05, 4.69) is 36.3 Å². The molecule has 1 amide bonds. The van der Waals surface area contributed by atoms with E-state index in [1.807, 2.05) is 21.2 Å². The van der Waals surface area contributed by atoms with Gasteiger partial charge in [0, 0.05) is 42.8 Å². The number of benzene rings is 2. The van der Waals surface area contributed by atoms with Gasteiger partial charge in [0.15, 0.2) is 5.13 Å². The predicted octanol–water partition coefficient (Wildman–Crippen LogP) is 5.21. The lowest BCUT2D eigenvalue weighted by atomic mass is 10.1. The lowest BCUT2D eigenvalue weighted by molar-refractivity contribution is -0.137. The minimum Gasteiger partial charge on any atom is -0.369 e. The number of nitrogens with one attached hydrogen (secondary N) is 1. The summed E-state index contributed by atoms with van der Waals surface area (Å²) in [5.74, 6) is -0.150. The lowest BCUT2D eigenvalue weighted by Gasteiger charge is -2.35. The Balaban J connectivity index is 1.29. The number of thiazole rings is 1. The van der Waals surface area contributed by atoms with Gasteiger partial charge in [-0.05, 0) is 49.2 Å². The fourth-order valence-electron chi connectivity index (χ4n) is 3.77. The first-order valence-electron chi connectivity index (χ1n) is 10.7. The maximum Gasteiger partial charge on any atom is 0.416 e. The van der Waals surface area contributed by atoms with E-state index in [0.29, 0.717) is 37.0 Å². The summed E-state index contributed by atoms with van der Waals surface area (Å²) in [6.45, 7) is 6.64. The van der Waals surface area contributed by atoms with Crippen LogP contribution in [-0.2, 0) is 11.0 Å². The second-order valence-corrected chi connectivity index (χ2v) is 9.05. The molecule has 1 aliphatic rings. The van der Waals surface area contributed by atoms with Crippen LogP contribution in [0.1, 0.15) is 16.7 Å². The third kappa shape index (κ3) is 5.72. The molecule has 0 saturated carbocycles. The van der Waals surface area contributed by atoms with E-state index < -0.39 is 11.7 Å². The minimum absolute atomic E-state index is 0.150. The van der Waals surface area contributed by atoms with E-state index in [1.165, 1.54) is 34.6 Å². The van der Waals surface area contributed by atoms with Gasteiger partial charge in [0.05, 0.1) is 17.8 Å². The van der Waals surface area contributed by atoms with Gasteiger partial charge >= 0.3 is 6.18 Å². The van der Waals surface area contributed by atoms with Crippen LogP contribution in [0.5, 0.6) is 0 Å². The molecule has 5 nitrogen and oxygen atoms in total. The number of alkyl halides is 3. The van der Waals surface area contributed by atoms with Crippen molar-refractivity contribution in [2.45, 2.75) is 20.0 Å². The molecule has 0 spiro atoms. The second-order valence-electron chi connectivity index (χ2n) is 8.20. The number of piperazine rings is 1. The molecule has 4 rings (SSSR count). The summed E-state index contributed by atoms with van der Waals surface area (Å²) < 4.78 is 38.9. The molecule has 2 heterocycles. The van der Waals surface area contributed by atoms with E-state index in [1.54, 1.807) is 6.07 Å². The molecule has 174 valence electrons. The summed E-state index contributed by atoms with van der Waals surface area (Å²) in [4.78, 5) is 21.0. The topological polar surface area (TPSA) is 48.5 Å². The highest BCUT2D eigenvalue weighted by Gasteiger charge is 2.31. The van der Waals surface area contributed by atoms with Crippen LogP contribution >= 0.6 is 11.3 Å². The Morgan fingerprint density at radius 3 is 2.52 bits per heavy atom. The van der Waals surface area contributed by atoms with Gasteiger partial charge in [-0.3, -0.25) is 9.69 Å². The van der Waals surface area contributed by atoms with Crippen molar-refractivity contribution in [1.82, 2.24) is 9.88 Å². The highest BCUT2D eigenvalue weighted by atomic mass is 32.1. The van der Waals surface area contributed by atoms with Crippen molar-refractivity contribution in [2.24, 2.45) is 0 Å². The first-order valence-corrected chi connectivity index (χ1v) is 11.5. The van der Waals surface area contributed by atoms with Gasteiger partial charge in [-0.2, -0.15) is 13.2 Å². The number of rotatable bonds is 5. The number of hydrogen-bond acceptors (Lipinski definition) is 5. The van der Waals surface area contributed by atoms with E-state index in [9.17, 15) is 18.0 Å². The minimum atomic E-state index is -4.36. The molecule has 0 atom stereocenters. The maximum absolute atomic E-state index is 13.0. The predicted molar refractivity (Wildman–Crippen MR) is 126 cm³/mol. The molecule has 9 heteroatoms. The normalized spacial score (nSPS) is 15.0. The van der Waals surface area contributed by atoms with Crippen molar-refractivity contribution in [3.05, 3.63) is 64.5 Å². The van der Waals surface area contributed by atoms with Crippen molar-refractivity contribution in [3.8, 4) is 11.3 Å². The number of carbonyl (C=O) groups excluding carboxylic acids is 1. The molecule has 0 radical (unpaired) electrons. The third-order valence-electron chi connectivity index (χ3n) is 5.83.